The Hall–Kier alpha value is -4.13. The van der Waals surface area contributed by atoms with Gasteiger partial charge in [-0.15, -0.1) is 10.2 Å². The van der Waals surface area contributed by atoms with E-state index in [0.717, 1.165) is 24.7 Å². The smallest absolute Gasteiger partial charge is 0.261 e. The van der Waals surface area contributed by atoms with Crippen molar-refractivity contribution in [3.63, 3.8) is 0 Å². The van der Waals surface area contributed by atoms with Gasteiger partial charge in [0.25, 0.3) is 10.0 Å². The van der Waals surface area contributed by atoms with E-state index in [2.05, 4.69) is 45.9 Å². The van der Waals surface area contributed by atoms with E-state index in [1.165, 1.54) is 0 Å². The van der Waals surface area contributed by atoms with Crippen LogP contribution in [0.3, 0.4) is 0 Å². The molecule has 4 rings (SSSR count). The Kier molecular flexibility index (Phi) is 6.13. The van der Waals surface area contributed by atoms with Gasteiger partial charge in [0.1, 0.15) is 23.3 Å². The number of hydrogen-bond acceptors (Lipinski definition) is 9. The Morgan fingerprint density at radius 3 is 2.42 bits per heavy atom. The van der Waals surface area contributed by atoms with Crippen molar-refractivity contribution in [1.29, 1.82) is 0 Å². The fourth-order valence-corrected chi connectivity index (χ4v) is 4.09. The van der Waals surface area contributed by atoms with Gasteiger partial charge < -0.3 is 10.6 Å². The number of aromatic amines is 1. The molecule has 2 aromatic carbocycles. The minimum absolute atomic E-state index is 0.0442. The largest absolute Gasteiger partial charge is 0.370 e. The van der Waals surface area contributed by atoms with E-state index in [9.17, 15) is 12.8 Å². The summed E-state index contributed by atoms with van der Waals surface area (Å²) in [7, 11) is -3.99. The molecule has 0 atom stereocenters. The van der Waals surface area contributed by atoms with Gasteiger partial charge in [-0.05, 0) is 61.5 Å². The van der Waals surface area contributed by atoms with Crippen molar-refractivity contribution >= 4 is 33.0 Å². The van der Waals surface area contributed by atoms with Gasteiger partial charge in [-0.3, -0.25) is 4.72 Å². The molecule has 0 aliphatic heterocycles. The molecule has 0 aliphatic carbocycles. The first kappa shape index (κ1) is 22.1. The van der Waals surface area contributed by atoms with Crippen molar-refractivity contribution in [2.45, 2.75) is 18.7 Å². The van der Waals surface area contributed by atoms with Gasteiger partial charge in [0.05, 0.1) is 10.5 Å². The lowest BCUT2D eigenvalue weighted by Gasteiger charge is -2.11. The van der Waals surface area contributed by atoms with Crippen molar-refractivity contribution in [2.24, 2.45) is 0 Å². The monoisotopic (exact) mass is 469 g/mol. The third-order valence-corrected chi connectivity index (χ3v) is 5.82. The maximum absolute atomic E-state index is 14.1. The summed E-state index contributed by atoms with van der Waals surface area (Å²) in [6, 6.07) is 11.7. The lowest BCUT2D eigenvalue weighted by Crippen LogP contribution is -2.13. The van der Waals surface area contributed by atoms with Gasteiger partial charge >= 0.3 is 0 Å². The zero-order valence-corrected chi connectivity index (χ0v) is 18.5. The molecule has 0 aliphatic rings. The first-order chi connectivity index (χ1) is 15.8. The van der Waals surface area contributed by atoms with E-state index in [1.54, 1.807) is 37.3 Å². The second-order valence-electron chi connectivity index (χ2n) is 6.90. The van der Waals surface area contributed by atoms with Gasteiger partial charge in [-0.1, -0.05) is 0 Å². The molecule has 0 spiro atoms. The highest BCUT2D eigenvalue weighted by Crippen LogP contribution is 2.25. The van der Waals surface area contributed by atoms with Crippen LogP contribution in [0.4, 0.5) is 27.4 Å². The predicted molar refractivity (Wildman–Crippen MR) is 121 cm³/mol. The molecule has 0 amide bonds. The summed E-state index contributed by atoms with van der Waals surface area (Å²) in [5.74, 6) is 1.21. The van der Waals surface area contributed by atoms with Crippen LogP contribution in [0.2, 0.25) is 0 Å². The Labute approximate surface area is 188 Å². The van der Waals surface area contributed by atoms with Crippen molar-refractivity contribution in [3.05, 3.63) is 60.2 Å². The van der Waals surface area contributed by atoms with Crippen LogP contribution >= 0.6 is 0 Å². The number of aryl methyl sites for hydroxylation is 1. The van der Waals surface area contributed by atoms with E-state index >= 15 is 0 Å². The molecular formula is C20H20FN9O2S. The number of anilines is 4. The summed E-state index contributed by atoms with van der Waals surface area (Å²) >= 11 is 0. The van der Waals surface area contributed by atoms with E-state index in [0.29, 0.717) is 28.8 Å². The van der Waals surface area contributed by atoms with Gasteiger partial charge in [-0.2, -0.15) is 5.21 Å². The van der Waals surface area contributed by atoms with Crippen molar-refractivity contribution in [2.75, 3.05) is 21.9 Å². The fraction of sp³-hybridized carbons (Fsp3) is 0.150. The van der Waals surface area contributed by atoms with Crippen LogP contribution in [-0.4, -0.2) is 45.6 Å². The number of nitrogens with one attached hydrogen (secondary N) is 4. The van der Waals surface area contributed by atoms with Crippen molar-refractivity contribution in [1.82, 2.24) is 30.6 Å². The third kappa shape index (κ3) is 5.20. The van der Waals surface area contributed by atoms with Crippen LogP contribution in [0, 0.1) is 12.7 Å². The Morgan fingerprint density at radius 1 is 1.00 bits per heavy atom. The maximum Gasteiger partial charge on any atom is 0.261 e. The molecule has 0 bridgehead atoms. The third-order valence-electron chi connectivity index (χ3n) is 4.44. The molecule has 0 saturated carbocycles. The van der Waals surface area contributed by atoms with Crippen LogP contribution in [0.15, 0.2) is 53.4 Å². The number of hydrogen-bond donors (Lipinski definition) is 4. The minimum atomic E-state index is -3.99. The second-order valence-corrected chi connectivity index (χ2v) is 8.58. The van der Waals surface area contributed by atoms with Crippen molar-refractivity contribution < 1.29 is 12.8 Å². The minimum Gasteiger partial charge on any atom is -0.370 e. The molecular weight excluding hydrogens is 449 g/mol. The lowest BCUT2D eigenvalue weighted by molar-refractivity contribution is 0.600. The fourth-order valence-electron chi connectivity index (χ4n) is 3.01. The summed E-state index contributed by atoms with van der Waals surface area (Å²) < 4.78 is 42.2. The number of halogens is 1. The molecule has 2 aromatic heterocycles. The van der Waals surface area contributed by atoms with E-state index in [1.807, 2.05) is 6.92 Å². The normalized spacial score (nSPS) is 11.2. The SMILES string of the molecule is CCNc1cc(Nc2ccc(NS(=O)(=O)c3ccc(F)c(-c4nn[nH]n4)c3)cc2)nc(C)n1. The molecule has 0 saturated heterocycles. The number of rotatable bonds is 8. The number of benzene rings is 2. The summed E-state index contributed by atoms with van der Waals surface area (Å²) in [5, 5.41) is 19.3. The summed E-state index contributed by atoms with van der Waals surface area (Å²) in [6.45, 7) is 4.50. The quantitative estimate of drug-likeness (QED) is 0.305. The highest BCUT2D eigenvalue weighted by Gasteiger charge is 2.19. The van der Waals surface area contributed by atoms with Crippen LogP contribution in [-0.2, 0) is 10.0 Å². The molecule has 0 fully saturated rings. The second kappa shape index (κ2) is 9.16. The predicted octanol–water partition coefficient (Wildman–Crippen LogP) is 3.08. The zero-order chi connectivity index (χ0) is 23.4. The highest BCUT2D eigenvalue weighted by atomic mass is 32.2. The van der Waals surface area contributed by atoms with Gasteiger partial charge in [0.15, 0.2) is 0 Å². The molecule has 13 heteroatoms. The molecule has 170 valence electrons. The Morgan fingerprint density at radius 2 is 1.73 bits per heavy atom. The van der Waals surface area contributed by atoms with E-state index in [4.69, 9.17) is 0 Å². The van der Waals surface area contributed by atoms with Gasteiger partial charge in [0, 0.05) is 24.0 Å². The molecule has 0 unspecified atom stereocenters. The van der Waals surface area contributed by atoms with E-state index < -0.39 is 15.8 Å². The lowest BCUT2D eigenvalue weighted by atomic mass is 10.2. The van der Waals surface area contributed by atoms with E-state index in [-0.39, 0.29) is 16.3 Å². The summed E-state index contributed by atoms with van der Waals surface area (Å²) in [6.07, 6.45) is 0. The number of sulfonamides is 1. The molecule has 4 aromatic rings. The standard InChI is InChI=1S/C20H20FN9O2S/c1-3-22-18-11-19(24-12(2)23-18)25-13-4-6-14(7-5-13)28-33(31,32)15-8-9-17(21)16(10-15)20-26-29-30-27-20/h4-11,28H,3H2,1-2H3,(H2,22,23,24,25)(H,26,27,29,30). The summed E-state index contributed by atoms with van der Waals surface area (Å²) in [4.78, 5) is 8.51. The molecule has 11 nitrogen and oxygen atoms in total. The van der Waals surface area contributed by atoms with Crippen molar-refractivity contribution in [3.8, 4) is 11.4 Å². The number of aromatic nitrogens is 6. The molecule has 33 heavy (non-hydrogen) atoms. The average molecular weight is 470 g/mol. The Balaban J connectivity index is 1.51. The van der Waals surface area contributed by atoms with Crippen LogP contribution in [0.1, 0.15) is 12.7 Å². The molecule has 0 radical (unpaired) electrons. The first-order valence-corrected chi connectivity index (χ1v) is 11.3. The zero-order valence-electron chi connectivity index (χ0n) is 17.7. The van der Waals surface area contributed by atoms with Gasteiger partial charge in [-0.25, -0.2) is 22.8 Å². The van der Waals surface area contributed by atoms with Gasteiger partial charge in [0.2, 0.25) is 5.82 Å². The Bertz CT molecular complexity index is 1360. The number of tetrazole rings is 1. The first-order valence-electron chi connectivity index (χ1n) is 9.87. The van der Waals surface area contributed by atoms with Crippen LogP contribution in [0.5, 0.6) is 0 Å². The molecule has 4 N–H and O–H groups in total. The maximum atomic E-state index is 14.1. The summed E-state index contributed by atoms with van der Waals surface area (Å²) in [5.41, 5.74) is 0.959. The highest BCUT2D eigenvalue weighted by molar-refractivity contribution is 7.92. The topological polar surface area (TPSA) is 150 Å². The average Bonchev–Trinajstić information content (AvgIpc) is 3.30. The molecule has 2 heterocycles. The number of nitrogens with zero attached hydrogens (tertiary/aromatic N) is 5. The number of H-pyrrole nitrogens is 1. The van der Waals surface area contributed by atoms with Crippen LogP contribution < -0.4 is 15.4 Å². The van der Waals surface area contributed by atoms with Crippen LogP contribution in [0.25, 0.3) is 11.4 Å².